The van der Waals surface area contributed by atoms with E-state index < -0.39 is 0 Å². The molecule has 0 radical (unpaired) electrons. The van der Waals surface area contributed by atoms with Crippen molar-refractivity contribution in [1.29, 1.82) is 0 Å². The Labute approximate surface area is 172 Å². The number of cyclic esters (lactones) is 1. The summed E-state index contributed by atoms with van der Waals surface area (Å²) in [5, 5.41) is 0. The highest BCUT2D eigenvalue weighted by atomic mass is 16.6. The largest absolute Gasteiger partial charge is 0.447 e. The molecule has 1 aliphatic carbocycles. The fourth-order valence-electron chi connectivity index (χ4n) is 4.59. The van der Waals surface area contributed by atoms with Crippen molar-refractivity contribution >= 4 is 23.6 Å². The Morgan fingerprint density at radius 3 is 2.66 bits per heavy atom. The molecule has 4 rings (SSSR count). The summed E-state index contributed by atoms with van der Waals surface area (Å²) in [5.41, 5.74) is 4.85. The van der Waals surface area contributed by atoms with Crippen molar-refractivity contribution < 1.29 is 14.3 Å². The lowest BCUT2D eigenvalue weighted by Gasteiger charge is -2.26. The number of aryl methyl sites for hydroxylation is 1. The van der Waals surface area contributed by atoms with Gasteiger partial charge in [0, 0.05) is 28.7 Å². The molecular formula is C24H28N2O3. The molecular weight excluding hydrogens is 364 g/mol. The number of aromatic nitrogens is 1. The molecule has 1 aromatic carbocycles. The number of carbonyl (C=O) groups excluding carboxylic acids is 2. The molecule has 29 heavy (non-hydrogen) atoms. The summed E-state index contributed by atoms with van der Waals surface area (Å²) in [6.45, 7) is 5.19. The quantitative estimate of drug-likeness (QED) is 0.501. The molecule has 1 aromatic heterocycles. The van der Waals surface area contributed by atoms with E-state index in [2.05, 4.69) is 24.5 Å². The highest BCUT2D eigenvalue weighted by Gasteiger charge is 2.24. The normalized spacial score (nSPS) is 17.9. The van der Waals surface area contributed by atoms with E-state index in [4.69, 9.17) is 4.74 Å². The number of allylic oxidation sites excluding steroid dienone is 1. The molecule has 0 unspecified atom stereocenters. The van der Waals surface area contributed by atoms with Crippen LogP contribution in [0.4, 0.5) is 10.5 Å². The average molecular weight is 392 g/mol. The lowest BCUT2D eigenvalue weighted by atomic mass is 9.95. The lowest BCUT2D eigenvalue weighted by Crippen LogP contribution is -2.23. The van der Waals surface area contributed by atoms with Crippen molar-refractivity contribution in [2.45, 2.75) is 52.0 Å². The molecule has 0 spiro atoms. The Morgan fingerprint density at radius 1 is 1.14 bits per heavy atom. The van der Waals surface area contributed by atoms with E-state index in [0.717, 1.165) is 5.56 Å². The Kier molecular flexibility index (Phi) is 5.56. The Morgan fingerprint density at radius 2 is 1.93 bits per heavy atom. The highest BCUT2D eigenvalue weighted by Crippen LogP contribution is 2.32. The summed E-state index contributed by atoms with van der Waals surface area (Å²) in [7, 11) is 0. The number of amides is 1. The summed E-state index contributed by atoms with van der Waals surface area (Å²) in [6, 6.07) is 9.91. The van der Waals surface area contributed by atoms with Gasteiger partial charge in [0.1, 0.15) is 6.61 Å². The minimum Gasteiger partial charge on any atom is -0.447 e. The molecule has 2 heterocycles. The number of anilines is 1. The first-order valence-corrected chi connectivity index (χ1v) is 10.5. The number of carbonyl (C=O) groups is 2. The van der Waals surface area contributed by atoms with Crippen LogP contribution in [-0.2, 0) is 4.74 Å². The summed E-state index contributed by atoms with van der Waals surface area (Å²) in [6.07, 6.45) is 9.60. The summed E-state index contributed by atoms with van der Waals surface area (Å²) in [4.78, 5) is 26.1. The number of ketones is 1. The van der Waals surface area contributed by atoms with Gasteiger partial charge in [-0.15, -0.1) is 0 Å². The van der Waals surface area contributed by atoms with Crippen molar-refractivity contribution in [3.63, 3.8) is 0 Å². The summed E-state index contributed by atoms with van der Waals surface area (Å²) in [5.74, 6) is -0.0677. The van der Waals surface area contributed by atoms with E-state index in [9.17, 15) is 9.59 Å². The monoisotopic (exact) mass is 392 g/mol. The maximum Gasteiger partial charge on any atom is 0.414 e. The SMILES string of the molecule is Cc1cc(C=CC(=O)c2cccc(N3CCOC3=O)c2)c(C)n1C1CCCCC1. The van der Waals surface area contributed by atoms with Crippen LogP contribution in [0.5, 0.6) is 0 Å². The predicted molar refractivity (Wildman–Crippen MR) is 115 cm³/mol. The highest BCUT2D eigenvalue weighted by molar-refractivity contribution is 6.07. The zero-order chi connectivity index (χ0) is 20.4. The number of nitrogens with zero attached hydrogens (tertiary/aromatic N) is 2. The molecule has 0 bridgehead atoms. The van der Waals surface area contributed by atoms with E-state index in [1.807, 2.05) is 12.1 Å². The molecule has 5 heteroatoms. The second-order valence-corrected chi connectivity index (χ2v) is 8.00. The number of rotatable bonds is 5. The van der Waals surface area contributed by atoms with Crippen LogP contribution in [-0.4, -0.2) is 29.6 Å². The van der Waals surface area contributed by atoms with Gasteiger partial charge in [-0.2, -0.15) is 0 Å². The summed E-state index contributed by atoms with van der Waals surface area (Å²) >= 11 is 0. The Hall–Kier alpha value is -2.82. The van der Waals surface area contributed by atoms with E-state index >= 15 is 0 Å². The van der Waals surface area contributed by atoms with Crippen molar-refractivity contribution in [1.82, 2.24) is 4.57 Å². The zero-order valence-corrected chi connectivity index (χ0v) is 17.2. The van der Waals surface area contributed by atoms with Gasteiger partial charge in [-0.25, -0.2) is 4.79 Å². The van der Waals surface area contributed by atoms with Gasteiger partial charge >= 0.3 is 6.09 Å². The van der Waals surface area contributed by atoms with Crippen molar-refractivity contribution in [3.05, 3.63) is 58.9 Å². The van der Waals surface area contributed by atoms with Gasteiger partial charge in [0.05, 0.1) is 6.54 Å². The van der Waals surface area contributed by atoms with Crippen LogP contribution in [0.25, 0.3) is 6.08 Å². The van der Waals surface area contributed by atoms with Crippen molar-refractivity contribution in [3.8, 4) is 0 Å². The number of hydrogen-bond acceptors (Lipinski definition) is 3. The number of hydrogen-bond donors (Lipinski definition) is 0. The van der Waals surface area contributed by atoms with Crippen LogP contribution >= 0.6 is 0 Å². The number of ether oxygens (including phenoxy) is 1. The van der Waals surface area contributed by atoms with Gasteiger partial charge in [-0.3, -0.25) is 9.69 Å². The van der Waals surface area contributed by atoms with Gasteiger partial charge in [-0.1, -0.05) is 31.4 Å². The van der Waals surface area contributed by atoms with Crippen LogP contribution in [0.15, 0.2) is 36.4 Å². The molecule has 2 aromatic rings. The molecule has 0 atom stereocenters. The second kappa shape index (κ2) is 8.27. The molecule has 1 amide bonds. The van der Waals surface area contributed by atoms with E-state index in [0.29, 0.717) is 30.4 Å². The van der Waals surface area contributed by atoms with Crippen LogP contribution in [0.1, 0.15) is 65.5 Å². The molecule has 0 N–H and O–H groups in total. The average Bonchev–Trinajstić information content (AvgIpc) is 3.29. The molecule has 152 valence electrons. The van der Waals surface area contributed by atoms with E-state index in [-0.39, 0.29) is 11.9 Å². The molecule has 1 aliphatic heterocycles. The first kappa shape index (κ1) is 19.5. The van der Waals surface area contributed by atoms with Crippen molar-refractivity contribution in [2.75, 3.05) is 18.1 Å². The second-order valence-electron chi connectivity index (χ2n) is 8.00. The fraction of sp³-hybridized carbons (Fsp3) is 0.417. The number of benzene rings is 1. The molecule has 2 aliphatic rings. The van der Waals surface area contributed by atoms with Gasteiger partial charge in [0.25, 0.3) is 0 Å². The predicted octanol–water partition coefficient (Wildman–Crippen LogP) is 5.46. The zero-order valence-electron chi connectivity index (χ0n) is 17.2. The maximum atomic E-state index is 12.7. The van der Waals surface area contributed by atoms with Gasteiger partial charge in [0.15, 0.2) is 5.78 Å². The standard InChI is InChI=1S/C24H28N2O3/c1-17-15-19(18(2)26(17)21-8-4-3-5-9-21)11-12-23(27)20-7-6-10-22(16-20)25-13-14-29-24(25)28/h6-7,10-12,15-16,21H,3-5,8-9,13-14H2,1-2H3. The first-order chi connectivity index (χ1) is 14.0. The molecule has 1 saturated carbocycles. The van der Waals surface area contributed by atoms with Crippen LogP contribution in [0.3, 0.4) is 0 Å². The molecule has 1 saturated heterocycles. The van der Waals surface area contributed by atoms with E-state index in [1.54, 1.807) is 29.2 Å². The summed E-state index contributed by atoms with van der Waals surface area (Å²) < 4.78 is 7.44. The van der Waals surface area contributed by atoms with Crippen molar-refractivity contribution in [2.24, 2.45) is 0 Å². The third kappa shape index (κ3) is 4.00. The fourth-order valence-corrected chi connectivity index (χ4v) is 4.59. The third-order valence-corrected chi connectivity index (χ3v) is 6.08. The first-order valence-electron chi connectivity index (χ1n) is 10.5. The minimum absolute atomic E-state index is 0.0677. The smallest absolute Gasteiger partial charge is 0.414 e. The Bertz CT molecular complexity index is 951. The van der Waals surface area contributed by atoms with Gasteiger partial charge < -0.3 is 9.30 Å². The van der Waals surface area contributed by atoms with Gasteiger partial charge in [-0.05, 0) is 62.6 Å². The van der Waals surface area contributed by atoms with Gasteiger partial charge in [0.2, 0.25) is 0 Å². The Balaban J connectivity index is 1.52. The third-order valence-electron chi connectivity index (χ3n) is 6.08. The maximum absolute atomic E-state index is 12.7. The van der Waals surface area contributed by atoms with Crippen LogP contribution in [0, 0.1) is 13.8 Å². The van der Waals surface area contributed by atoms with E-state index in [1.165, 1.54) is 43.5 Å². The lowest BCUT2D eigenvalue weighted by molar-refractivity contribution is 0.104. The minimum atomic E-state index is -0.361. The topological polar surface area (TPSA) is 51.5 Å². The molecule has 5 nitrogen and oxygen atoms in total. The van der Waals surface area contributed by atoms with Crippen LogP contribution < -0.4 is 4.90 Å². The van der Waals surface area contributed by atoms with Crippen LogP contribution in [0.2, 0.25) is 0 Å². The molecule has 2 fully saturated rings.